The summed E-state index contributed by atoms with van der Waals surface area (Å²) in [7, 11) is 1.37. The Morgan fingerprint density at radius 1 is 1.13 bits per heavy atom. The largest absolute Gasteiger partial charge is 0.468 e. The van der Waals surface area contributed by atoms with Gasteiger partial charge in [0.05, 0.1) is 18.1 Å². The molecule has 2 heterocycles. The van der Waals surface area contributed by atoms with E-state index >= 15 is 0 Å². The van der Waals surface area contributed by atoms with Gasteiger partial charge in [0.25, 0.3) is 0 Å². The summed E-state index contributed by atoms with van der Waals surface area (Å²) >= 11 is 0. The molecule has 6 nitrogen and oxygen atoms in total. The zero-order chi connectivity index (χ0) is 15.5. The smallest absolute Gasteiger partial charge is 0.325 e. The van der Waals surface area contributed by atoms with Crippen LogP contribution in [-0.4, -0.2) is 46.7 Å². The van der Waals surface area contributed by atoms with Crippen LogP contribution in [0.15, 0.2) is 24.3 Å². The van der Waals surface area contributed by atoms with Gasteiger partial charge in [0.15, 0.2) is 0 Å². The molecule has 2 aromatic rings. The fourth-order valence-corrected chi connectivity index (χ4v) is 3.12. The third-order valence-corrected chi connectivity index (χ3v) is 4.33. The Bertz CT molecular complexity index is 731. The normalized spacial score (nSPS) is 14.8. The van der Waals surface area contributed by atoms with Crippen molar-refractivity contribution in [3.63, 3.8) is 0 Å². The lowest BCUT2D eigenvalue weighted by Gasteiger charge is -2.15. The first-order valence-corrected chi connectivity index (χ1v) is 7.72. The van der Waals surface area contributed by atoms with Crippen LogP contribution < -0.4 is 5.62 Å². The van der Waals surface area contributed by atoms with Crippen LogP contribution in [-0.2, 0) is 22.6 Å². The molecular formula is C16H23BrN4O2. The highest BCUT2D eigenvalue weighted by Crippen LogP contribution is 2.14. The van der Waals surface area contributed by atoms with Crippen molar-refractivity contribution < 1.29 is 9.53 Å². The molecule has 1 saturated heterocycles. The second kappa shape index (κ2) is 7.79. The number of esters is 1. The Hall–Kier alpha value is -1.60. The number of para-hydroxylation sites is 2. The summed E-state index contributed by atoms with van der Waals surface area (Å²) in [6.07, 6.45) is 2.53. The molecule has 0 unspecified atom stereocenters. The van der Waals surface area contributed by atoms with E-state index in [-0.39, 0.29) is 29.5 Å². The van der Waals surface area contributed by atoms with Crippen molar-refractivity contribution in [2.24, 2.45) is 0 Å². The number of fused-ring (bicyclic) bond motifs is 1. The van der Waals surface area contributed by atoms with Crippen molar-refractivity contribution >= 4 is 34.0 Å². The van der Waals surface area contributed by atoms with E-state index in [0.29, 0.717) is 5.62 Å². The molecule has 0 bridgehead atoms. The number of imidazole rings is 1. The third-order valence-electron chi connectivity index (χ3n) is 4.33. The summed E-state index contributed by atoms with van der Waals surface area (Å²) in [6.45, 7) is 4.09. The molecule has 7 heteroatoms. The first-order chi connectivity index (χ1) is 10.7. The van der Waals surface area contributed by atoms with Crippen molar-refractivity contribution in [1.82, 2.24) is 14.0 Å². The first kappa shape index (κ1) is 17.7. The van der Waals surface area contributed by atoms with E-state index in [0.717, 1.165) is 37.2 Å². The molecule has 0 spiro atoms. The Morgan fingerprint density at radius 2 is 1.74 bits per heavy atom. The lowest BCUT2D eigenvalue weighted by atomic mass is 10.3. The zero-order valence-corrected chi connectivity index (χ0v) is 15.0. The minimum Gasteiger partial charge on any atom is -0.468 e. The average molecular weight is 383 g/mol. The SMILES string of the molecule is Br.COC(=O)Cn1c(=N)n(CCN2CCCC2)c2ccccc21. The van der Waals surface area contributed by atoms with Gasteiger partial charge in [-0.1, -0.05) is 12.1 Å². The van der Waals surface area contributed by atoms with Crippen LogP contribution in [0.5, 0.6) is 0 Å². The highest BCUT2D eigenvalue weighted by atomic mass is 79.9. The number of benzene rings is 1. The van der Waals surface area contributed by atoms with Crippen molar-refractivity contribution in [2.75, 3.05) is 26.7 Å². The fraction of sp³-hybridized carbons (Fsp3) is 0.500. The number of likely N-dealkylation sites (tertiary alicyclic amines) is 1. The number of nitrogens with zero attached hydrogens (tertiary/aromatic N) is 3. The second-order valence-corrected chi connectivity index (χ2v) is 5.67. The highest BCUT2D eigenvalue weighted by Gasteiger charge is 2.15. The number of nitrogens with one attached hydrogen (secondary N) is 1. The Labute approximate surface area is 145 Å². The van der Waals surface area contributed by atoms with Crippen LogP contribution in [0.1, 0.15) is 12.8 Å². The number of aromatic nitrogens is 2. The first-order valence-electron chi connectivity index (χ1n) is 7.72. The molecule has 1 aromatic carbocycles. The number of carbonyl (C=O) groups excluding carboxylic acids is 1. The average Bonchev–Trinajstić information content (AvgIpc) is 3.14. The van der Waals surface area contributed by atoms with Gasteiger partial charge in [0, 0.05) is 13.1 Å². The lowest BCUT2D eigenvalue weighted by molar-refractivity contribution is -0.141. The van der Waals surface area contributed by atoms with Crippen LogP contribution in [0.4, 0.5) is 0 Å². The Balaban J connectivity index is 0.00000192. The number of carbonyl (C=O) groups is 1. The molecule has 0 saturated carbocycles. The minimum atomic E-state index is -0.332. The van der Waals surface area contributed by atoms with E-state index < -0.39 is 0 Å². The molecule has 1 aliphatic rings. The van der Waals surface area contributed by atoms with E-state index in [4.69, 9.17) is 10.1 Å². The van der Waals surface area contributed by atoms with Crippen LogP contribution in [0.2, 0.25) is 0 Å². The van der Waals surface area contributed by atoms with E-state index in [1.54, 1.807) is 4.57 Å². The zero-order valence-electron chi connectivity index (χ0n) is 13.3. The van der Waals surface area contributed by atoms with Gasteiger partial charge >= 0.3 is 5.97 Å². The van der Waals surface area contributed by atoms with Gasteiger partial charge < -0.3 is 14.2 Å². The molecular weight excluding hydrogens is 360 g/mol. The minimum absolute atomic E-state index is 0. The van der Waals surface area contributed by atoms with Gasteiger partial charge in [-0.3, -0.25) is 14.8 Å². The molecule has 0 amide bonds. The number of ether oxygens (including phenoxy) is 1. The van der Waals surface area contributed by atoms with Gasteiger partial charge in [-0.2, -0.15) is 0 Å². The molecule has 0 atom stereocenters. The van der Waals surface area contributed by atoms with Crippen LogP contribution >= 0.6 is 17.0 Å². The third kappa shape index (κ3) is 3.67. The maximum absolute atomic E-state index is 11.6. The van der Waals surface area contributed by atoms with Gasteiger partial charge in [0.1, 0.15) is 6.54 Å². The van der Waals surface area contributed by atoms with E-state index in [9.17, 15) is 4.79 Å². The number of halogens is 1. The molecule has 1 fully saturated rings. The summed E-state index contributed by atoms with van der Waals surface area (Å²) in [4.78, 5) is 14.0. The maximum atomic E-state index is 11.6. The summed E-state index contributed by atoms with van der Waals surface area (Å²) in [5.74, 6) is -0.332. The molecule has 3 rings (SSSR count). The van der Waals surface area contributed by atoms with Crippen LogP contribution in [0.3, 0.4) is 0 Å². The Kier molecular flexibility index (Phi) is 6.01. The van der Waals surface area contributed by atoms with Crippen molar-refractivity contribution in [3.05, 3.63) is 29.9 Å². The molecule has 1 aromatic heterocycles. The number of hydrogen-bond acceptors (Lipinski definition) is 4. The topological polar surface area (TPSA) is 63.2 Å². The molecule has 0 aliphatic carbocycles. The molecule has 126 valence electrons. The molecule has 23 heavy (non-hydrogen) atoms. The maximum Gasteiger partial charge on any atom is 0.325 e. The summed E-state index contributed by atoms with van der Waals surface area (Å²) in [5.41, 5.74) is 2.25. The van der Waals surface area contributed by atoms with Crippen LogP contribution in [0, 0.1) is 5.41 Å². The van der Waals surface area contributed by atoms with E-state index in [1.807, 2.05) is 28.8 Å². The molecule has 1 aliphatic heterocycles. The van der Waals surface area contributed by atoms with Crippen LogP contribution in [0.25, 0.3) is 11.0 Å². The number of rotatable bonds is 5. The van der Waals surface area contributed by atoms with Gasteiger partial charge in [-0.25, -0.2) is 0 Å². The lowest BCUT2D eigenvalue weighted by Crippen LogP contribution is -2.31. The second-order valence-electron chi connectivity index (χ2n) is 5.67. The number of hydrogen-bond donors (Lipinski definition) is 1. The summed E-state index contributed by atoms with van der Waals surface area (Å²) in [6, 6.07) is 7.85. The quantitative estimate of drug-likeness (QED) is 0.801. The van der Waals surface area contributed by atoms with Gasteiger partial charge in [0.2, 0.25) is 5.62 Å². The summed E-state index contributed by atoms with van der Waals surface area (Å²) < 4.78 is 8.44. The van der Waals surface area contributed by atoms with E-state index in [1.165, 1.54) is 20.0 Å². The predicted molar refractivity (Wildman–Crippen MR) is 93.8 cm³/mol. The molecule has 0 radical (unpaired) electrons. The molecule has 1 N–H and O–H groups in total. The summed E-state index contributed by atoms with van der Waals surface area (Å²) in [5, 5.41) is 8.42. The van der Waals surface area contributed by atoms with Gasteiger partial charge in [-0.05, 0) is 38.1 Å². The monoisotopic (exact) mass is 382 g/mol. The van der Waals surface area contributed by atoms with Crippen molar-refractivity contribution in [2.45, 2.75) is 25.9 Å². The van der Waals surface area contributed by atoms with Crippen molar-refractivity contribution in [1.29, 1.82) is 5.41 Å². The number of methoxy groups -OCH3 is 1. The van der Waals surface area contributed by atoms with Crippen molar-refractivity contribution in [3.8, 4) is 0 Å². The fourth-order valence-electron chi connectivity index (χ4n) is 3.12. The standard InChI is InChI=1S/C16H22N4O2.BrH/c1-22-15(21)12-20-14-7-3-2-6-13(14)19(16(20)17)11-10-18-8-4-5-9-18;/h2-3,6-7,17H,4-5,8-12H2,1H3;1H. The highest BCUT2D eigenvalue weighted by molar-refractivity contribution is 8.93. The van der Waals surface area contributed by atoms with Gasteiger partial charge in [-0.15, -0.1) is 17.0 Å². The van der Waals surface area contributed by atoms with E-state index in [2.05, 4.69) is 4.90 Å². The predicted octanol–water partition coefficient (Wildman–Crippen LogP) is 1.77. The Morgan fingerprint density at radius 3 is 2.35 bits per heavy atom.